The summed E-state index contributed by atoms with van der Waals surface area (Å²) in [6, 6.07) is 13.3. The van der Waals surface area contributed by atoms with Crippen LogP contribution in [0, 0.1) is 11.2 Å². The van der Waals surface area contributed by atoms with Crippen molar-refractivity contribution in [1.29, 1.82) is 0 Å². The lowest BCUT2D eigenvalue weighted by Crippen LogP contribution is -2.27. The number of halogens is 1. The summed E-state index contributed by atoms with van der Waals surface area (Å²) in [6.45, 7) is 5.49. The number of nitrogens with zero attached hydrogens (tertiary/aromatic N) is 2. The lowest BCUT2D eigenvalue weighted by Gasteiger charge is -2.18. The van der Waals surface area contributed by atoms with E-state index in [2.05, 4.69) is 25.9 Å². The summed E-state index contributed by atoms with van der Waals surface area (Å²) in [5, 5.41) is 18.2. The molecule has 3 rings (SSSR count). The quantitative estimate of drug-likeness (QED) is 0.496. The third kappa shape index (κ3) is 5.41. The van der Waals surface area contributed by atoms with Crippen molar-refractivity contribution in [3.05, 3.63) is 60.5 Å². The number of amides is 1. The molecule has 0 saturated heterocycles. The summed E-state index contributed by atoms with van der Waals surface area (Å²) in [5.74, 6) is -0.550. The highest BCUT2D eigenvalue weighted by molar-refractivity contribution is 5.94. The van der Waals surface area contributed by atoms with Crippen LogP contribution in [-0.2, 0) is 4.79 Å². The second-order valence-electron chi connectivity index (χ2n) is 7.48. The number of phenols is 1. The van der Waals surface area contributed by atoms with Gasteiger partial charge in [-0.25, -0.2) is 9.37 Å². The number of hydrogen-bond donors (Lipinski definition) is 4. The minimum absolute atomic E-state index is 0.0368. The first kappa shape index (κ1) is 20.1. The highest BCUT2D eigenvalue weighted by atomic mass is 19.1. The Morgan fingerprint density at radius 1 is 1.00 bits per heavy atom. The minimum atomic E-state index is -0.634. The van der Waals surface area contributed by atoms with Crippen molar-refractivity contribution >= 4 is 34.7 Å². The maximum Gasteiger partial charge on any atom is 0.229 e. The molecule has 0 fully saturated rings. The molecule has 0 spiro atoms. The van der Waals surface area contributed by atoms with Crippen molar-refractivity contribution in [3.63, 3.8) is 0 Å². The molecule has 1 heterocycles. The van der Waals surface area contributed by atoms with Crippen LogP contribution in [0.5, 0.6) is 5.75 Å². The van der Waals surface area contributed by atoms with Gasteiger partial charge in [0.25, 0.3) is 0 Å². The van der Waals surface area contributed by atoms with E-state index in [4.69, 9.17) is 0 Å². The smallest absolute Gasteiger partial charge is 0.229 e. The predicted molar refractivity (Wildman–Crippen MR) is 111 cm³/mol. The molecule has 0 bridgehead atoms. The maximum absolute atomic E-state index is 14.1. The Balaban J connectivity index is 1.77. The number of carbonyl (C=O) groups is 1. The Bertz CT molecular complexity index is 1030. The van der Waals surface area contributed by atoms with E-state index in [1.807, 2.05) is 20.8 Å². The number of benzene rings is 2. The first-order chi connectivity index (χ1) is 13.7. The molecule has 8 heteroatoms. The Morgan fingerprint density at radius 2 is 1.66 bits per heavy atom. The SMILES string of the molecule is CC(C)(C)C(=O)Nc1cccc(Nc2ncc(F)c(Nc3cccc(O)c3)n2)c1. The van der Waals surface area contributed by atoms with Gasteiger partial charge >= 0.3 is 0 Å². The van der Waals surface area contributed by atoms with E-state index >= 15 is 0 Å². The van der Waals surface area contributed by atoms with Crippen LogP contribution >= 0.6 is 0 Å². The Hall–Kier alpha value is -3.68. The van der Waals surface area contributed by atoms with Crippen LogP contribution in [0.15, 0.2) is 54.7 Å². The molecular weight excluding hydrogens is 373 g/mol. The van der Waals surface area contributed by atoms with Crippen LogP contribution in [0.1, 0.15) is 20.8 Å². The molecule has 2 aromatic carbocycles. The van der Waals surface area contributed by atoms with Crippen LogP contribution < -0.4 is 16.0 Å². The average Bonchev–Trinajstić information content (AvgIpc) is 2.64. The van der Waals surface area contributed by atoms with Gasteiger partial charge in [0, 0.05) is 28.5 Å². The van der Waals surface area contributed by atoms with Gasteiger partial charge in [0.1, 0.15) is 5.75 Å². The minimum Gasteiger partial charge on any atom is -0.508 e. The van der Waals surface area contributed by atoms with Gasteiger partial charge in [0.2, 0.25) is 11.9 Å². The summed E-state index contributed by atoms with van der Waals surface area (Å²) in [4.78, 5) is 20.3. The molecule has 0 unspecified atom stereocenters. The zero-order chi connectivity index (χ0) is 21.0. The number of rotatable bonds is 5. The summed E-state index contributed by atoms with van der Waals surface area (Å²) in [7, 11) is 0. The van der Waals surface area contributed by atoms with E-state index in [0.717, 1.165) is 6.20 Å². The fourth-order valence-corrected chi connectivity index (χ4v) is 2.36. The van der Waals surface area contributed by atoms with E-state index < -0.39 is 11.2 Å². The standard InChI is InChI=1S/C21H22FN5O2/c1-21(2,3)19(29)25-13-6-4-7-14(10-13)26-20-23-12-17(22)18(27-20)24-15-8-5-9-16(28)11-15/h4-12,28H,1-3H3,(H,25,29)(H2,23,24,26,27). The second kappa shape index (κ2) is 8.14. The first-order valence-corrected chi connectivity index (χ1v) is 8.98. The zero-order valence-corrected chi connectivity index (χ0v) is 16.3. The van der Waals surface area contributed by atoms with E-state index in [9.17, 15) is 14.3 Å². The Kier molecular flexibility index (Phi) is 5.63. The number of phenolic OH excluding ortho intramolecular Hbond substituents is 1. The van der Waals surface area contributed by atoms with E-state index in [1.54, 1.807) is 36.4 Å². The van der Waals surface area contributed by atoms with Crippen molar-refractivity contribution in [3.8, 4) is 5.75 Å². The molecule has 0 aliphatic rings. The van der Waals surface area contributed by atoms with E-state index in [-0.39, 0.29) is 23.4 Å². The third-order valence-electron chi connectivity index (χ3n) is 3.91. The summed E-state index contributed by atoms with van der Waals surface area (Å²) < 4.78 is 14.1. The van der Waals surface area contributed by atoms with E-state index in [1.165, 1.54) is 12.1 Å². The van der Waals surface area contributed by atoms with Gasteiger partial charge in [-0.2, -0.15) is 4.98 Å². The van der Waals surface area contributed by atoms with Crippen LogP contribution in [-0.4, -0.2) is 21.0 Å². The molecule has 0 atom stereocenters. The maximum atomic E-state index is 14.1. The second-order valence-corrected chi connectivity index (χ2v) is 7.48. The van der Waals surface area contributed by atoms with Gasteiger partial charge in [-0.15, -0.1) is 0 Å². The molecule has 0 radical (unpaired) electrons. The molecular formula is C21H22FN5O2. The molecule has 1 amide bonds. The lowest BCUT2D eigenvalue weighted by atomic mass is 9.95. The van der Waals surface area contributed by atoms with Crippen molar-refractivity contribution < 1.29 is 14.3 Å². The van der Waals surface area contributed by atoms with E-state index in [0.29, 0.717) is 17.1 Å². The van der Waals surface area contributed by atoms with Gasteiger partial charge in [-0.1, -0.05) is 32.9 Å². The fourth-order valence-electron chi connectivity index (χ4n) is 2.36. The highest BCUT2D eigenvalue weighted by Gasteiger charge is 2.21. The molecule has 7 nitrogen and oxygen atoms in total. The zero-order valence-electron chi connectivity index (χ0n) is 16.3. The average molecular weight is 395 g/mol. The van der Waals surface area contributed by atoms with Gasteiger partial charge in [0.05, 0.1) is 6.20 Å². The van der Waals surface area contributed by atoms with Crippen LogP contribution in [0.4, 0.5) is 33.2 Å². The number of aromatic nitrogens is 2. The first-order valence-electron chi connectivity index (χ1n) is 8.98. The Labute approximate surface area is 168 Å². The van der Waals surface area contributed by atoms with Crippen molar-refractivity contribution in [2.24, 2.45) is 5.41 Å². The van der Waals surface area contributed by atoms with Gasteiger partial charge in [0.15, 0.2) is 11.6 Å². The van der Waals surface area contributed by atoms with Crippen molar-refractivity contribution in [1.82, 2.24) is 9.97 Å². The van der Waals surface area contributed by atoms with Crippen molar-refractivity contribution in [2.75, 3.05) is 16.0 Å². The number of hydrogen-bond acceptors (Lipinski definition) is 6. The van der Waals surface area contributed by atoms with Gasteiger partial charge < -0.3 is 21.1 Å². The third-order valence-corrected chi connectivity index (χ3v) is 3.91. The van der Waals surface area contributed by atoms with Crippen LogP contribution in [0.3, 0.4) is 0 Å². The molecule has 4 N–H and O–H groups in total. The van der Waals surface area contributed by atoms with Crippen LogP contribution in [0.25, 0.3) is 0 Å². The van der Waals surface area contributed by atoms with Crippen LogP contribution in [0.2, 0.25) is 0 Å². The number of aromatic hydroxyl groups is 1. The fraction of sp³-hybridized carbons (Fsp3) is 0.190. The Morgan fingerprint density at radius 3 is 2.34 bits per heavy atom. The molecule has 3 aromatic rings. The molecule has 29 heavy (non-hydrogen) atoms. The number of carbonyl (C=O) groups excluding carboxylic acids is 1. The van der Waals surface area contributed by atoms with Crippen molar-refractivity contribution in [2.45, 2.75) is 20.8 Å². The summed E-state index contributed by atoms with van der Waals surface area (Å²) >= 11 is 0. The lowest BCUT2D eigenvalue weighted by molar-refractivity contribution is -0.123. The highest BCUT2D eigenvalue weighted by Crippen LogP contribution is 2.24. The summed E-state index contributed by atoms with van der Waals surface area (Å²) in [6.07, 6.45) is 1.05. The monoisotopic (exact) mass is 395 g/mol. The molecule has 0 aliphatic carbocycles. The largest absolute Gasteiger partial charge is 0.508 e. The molecule has 150 valence electrons. The molecule has 0 saturated carbocycles. The molecule has 1 aromatic heterocycles. The number of anilines is 5. The topological polar surface area (TPSA) is 99.2 Å². The van der Waals surface area contributed by atoms with Gasteiger partial charge in [-0.05, 0) is 30.3 Å². The number of nitrogens with one attached hydrogen (secondary N) is 3. The molecule has 0 aliphatic heterocycles. The normalized spacial score (nSPS) is 11.0. The predicted octanol–water partition coefficient (Wildman–Crippen LogP) is 4.79. The summed E-state index contributed by atoms with van der Waals surface area (Å²) in [5.41, 5.74) is 1.22. The van der Waals surface area contributed by atoms with Gasteiger partial charge in [-0.3, -0.25) is 4.79 Å².